The Kier molecular flexibility index (Phi) is 6.05. The van der Waals surface area contributed by atoms with Crippen molar-refractivity contribution in [3.63, 3.8) is 0 Å². The predicted octanol–water partition coefficient (Wildman–Crippen LogP) is 3.98. The lowest BCUT2D eigenvalue weighted by molar-refractivity contribution is -0.138. The van der Waals surface area contributed by atoms with Gasteiger partial charge in [-0.25, -0.2) is 9.89 Å². The van der Waals surface area contributed by atoms with Gasteiger partial charge in [-0.3, -0.25) is 9.36 Å². The molecule has 4 rings (SSSR count). The van der Waals surface area contributed by atoms with Crippen molar-refractivity contribution in [2.75, 3.05) is 0 Å². The maximum Gasteiger partial charge on any atom is 0.420 e. The average Bonchev–Trinajstić information content (AvgIpc) is 3.14. The minimum Gasteiger partial charge on any atom is -0.451 e. The number of aromatic amines is 1. The predicted molar refractivity (Wildman–Crippen MR) is 120 cm³/mol. The molecule has 0 unspecified atom stereocenters. The number of aromatic nitrogens is 4. The Bertz CT molecular complexity index is 1560. The number of pyridine rings is 1. The molecule has 178 valence electrons. The lowest BCUT2D eigenvalue weighted by Gasteiger charge is -2.17. The van der Waals surface area contributed by atoms with E-state index in [1.807, 2.05) is 6.07 Å². The van der Waals surface area contributed by atoms with Crippen molar-refractivity contribution in [1.29, 1.82) is 5.26 Å². The van der Waals surface area contributed by atoms with Gasteiger partial charge in [-0.05, 0) is 53.9 Å². The molecule has 2 aromatic carbocycles. The zero-order chi connectivity index (χ0) is 25.3. The van der Waals surface area contributed by atoms with Gasteiger partial charge in [-0.2, -0.15) is 23.5 Å². The van der Waals surface area contributed by atoms with Crippen LogP contribution in [0.25, 0.3) is 11.1 Å². The quantitative estimate of drug-likeness (QED) is 0.464. The number of H-pyrrole nitrogens is 1. The number of halogens is 3. The van der Waals surface area contributed by atoms with Crippen molar-refractivity contribution in [3.05, 3.63) is 98.1 Å². The van der Waals surface area contributed by atoms with Gasteiger partial charge < -0.3 is 9.30 Å². The van der Waals surface area contributed by atoms with Gasteiger partial charge in [0.05, 0.1) is 18.2 Å². The Balaban J connectivity index is 1.72. The van der Waals surface area contributed by atoms with Crippen LogP contribution in [0.1, 0.15) is 22.5 Å². The molecular formula is C24H18F3N5O3. The third kappa shape index (κ3) is 4.72. The summed E-state index contributed by atoms with van der Waals surface area (Å²) >= 11 is 0. The molecule has 0 aliphatic heterocycles. The second-order valence-corrected chi connectivity index (χ2v) is 7.76. The van der Waals surface area contributed by atoms with Crippen LogP contribution in [0.2, 0.25) is 0 Å². The fourth-order valence-electron chi connectivity index (χ4n) is 3.46. The molecular weight excluding hydrogens is 463 g/mol. The van der Waals surface area contributed by atoms with E-state index in [-0.39, 0.29) is 18.1 Å². The zero-order valence-electron chi connectivity index (χ0n) is 18.6. The SMILES string of the molecule is Cc1cc(-c2ccc(C#N)cc2)ccc1Oc1c(C(F)(F)F)ccn(Cc2n[nH]c(=O)n2C)c1=O. The number of hydrogen-bond acceptors (Lipinski definition) is 5. The van der Waals surface area contributed by atoms with E-state index < -0.39 is 28.7 Å². The van der Waals surface area contributed by atoms with Crippen LogP contribution in [0, 0.1) is 18.3 Å². The summed E-state index contributed by atoms with van der Waals surface area (Å²) in [6, 6.07) is 14.5. The van der Waals surface area contributed by atoms with Crippen LogP contribution >= 0.6 is 0 Å². The minimum absolute atomic E-state index is 0.0786. The van der Waals surface area contributed by atoms with Gasteiger partial charge in [0, 0.05) is 13.2 Å². The first kappa shape index (κ1) is 23.6. The van der Waals surface area contributed by atoms with Gasteiger partial charge in [0.25, 0.3) is 5.56 Å². The molecule has 1 N–H and O–H groups in total. The van der Waals surface area contributed by atoms with Crippen LogP contribution < -0.4 is 16.0 Å². The van der Waals surface area contributed by atoms with E-state index in [1.54, 1.807) is 43.3 Å². The Morgan fingerprint density at radius 1 is 1.09 bits per heavy atom. The van der Waals surface area contributed by atoms with E-state index in [0.717, 1.165) is 32.5 Å². The highest BCUT2D eigenvalue weighted by atomic mass is 19.4. The Labute approximate surface area is 196 Å². The van der Waals surface area contributed by atoms with Crippen molar-refractivity contribution >= 4 is 0 Å². The molecule has 0 fully saturated rings. The molecule has 2 heterocycles. The summed E-state index contributed by atoms with van der Waals surface area (Å²) in [4.78, 5) is 24.6. The molecule has 4 aromatic rings. The lowest BCUT2D eigenvalue weighted by atomic mass is 10.0. The zero-order valence-corrected chi connectivity index (χ0v) is 18.6. The molecule has 11 heteroatoms. The number of aryl methyl sites for hydroxylation is 1. The number of alkyl halides is 3. The topological polar surface area (TPSA) is 106 Å². The van der Waals surface area contributed by atoms with Crippen molar-refractivity contribution in [1.82, 2.24) is 19.3 Å². The lowest BCUT2D eigenvalue weighted by Crippen LogP contribution is -2.26. The van der Waals surface area contributed by atoms with Crippen LogP contribution in [0.5, 0.6) is 11.5 Å². The molecule has 0 aliphatic rings. The van der Waals surface area contributed by atoms with E-state index in [0.29, 0.717) is 11.1 Å². The molecule has 0 spiro atoms. The summed E-state index contributed by atoms with van der Waals surface area (Å²) in [7, 11) is 1.42. The third-order valence-electron chi connectivity index (χ3n) is 5.44. The third-order valence-corrected chi connectivity index (χ3v) is 5.44. The highest BCUT2D eigenvalue weighted by Crippen LogP contribution is 2.37. The van der Waals surface area contributed by atoms with E-state index in [9.17, 15) is 22.8 Å². The van der Waals surface area contributed by atoms with Crippen LogP contribution in [-0.4, -0.2) is 19.3 Å². The molecule has 0 saturated heterocycles. The van der Waals surface area contributed by atoms with E-state index >= 15 is 0 Å². The van der Waals surface area contributed by atoms with Crippen molar-refractivity contribution in [2.24, 2.45) is 7.05 Å². The largest absolute Gasteiger partial charge is 0.451 e. The highest BCUT2D eigenvalue weighted by Gasteiger charge is 2.36. The maximum atomic E-state index is 13.7. The summed E-state index contributed by atoms with van der Waals surface area (Å²) in [6.07, 6.45) is -3.85. The molecule has 0 saturated carbocycles. The molecule has 0 bridgehead atoms. The minimum atomic E-state index is -4.83. The first-order chi connectivity index (χ1) is 16.6. The van der Waals surface area contributed by atoms with Crippen molar-refractivity contribution in [3.8, 4) is 28.7 Å². The molecule has 2 aromatic heterocycles. The number of benzene rings is 2. The highest BCUT2D eigenvalue weighted by molar-refractivity contribution is 5.66. The summed E-state index contributed by atoms with van der Waals surface area (Å²) in [5, 5.41) is 14.9. The molecule has 0 amide bonds. The van der Waals surface area contributed by atoms with Gasteiger partial charge in [0.1, 0.15) is 11.3 Å². The maximum absolute atomic E-state index is 13.7. The summed E-state index contributed by atoms with van der Waals surface area (Å²) in [6.45, 7) is 1.41. The average molecular weight is 481 g/mol. The van der Waals surface area contributed by atoms with Gasteiger partial charge in [-0.15, -0.1) is 0 Å². The van der Waals surface area contributed by atoms with Gasteiger partial charge in [-0.1, -0.05) is 18.2 Å². The number of nitrogens with one attached hydrogen (secondary N) is 1. The number of rotatable bonds is 5. The first-order valence-corrected chi connectivity index (χ1v) is 10.3. The number of nitriles is 1. The molecule has 35 heavy (non-hydrogen) atoms. The molecule has 0 radical (unpaired) electrons. The Hall–Kier alpha value is -4.59. The van der Waals surface area contributed by atoms with E-state index in [2.05, 4.69) is 10.2 Å². The van der Waals surface area contributed by atoms with Crippen molar-refractivity contribution < 1.29 is 17.9 Å². The second-order valence-electron chi connectivity index (χ2n) is 7.76. The van der Waals surface area contributed by atoms with Crippen molar-refractivity contribution in [2.45, 2.75) is 19.6 Å². The van der Waals surface area contributed by atoms with Crippen LogP contribution in [0.4, 0.5) is 13.2 Å². The summed E-state index contributed by atoms with van der Waals surface area (Å²) in [5.74, 6) is -0.643. The van der Waals surface area contributed by atoms with Gasteiger partial charge in [0.2, 0.25) is 5.75 Å². The fraction of sp³-hybridized carbons (Fsp3) is 0.167. The van der Waals surface area contributed by atoms with Gasteiger partial charge in [0.15, 0.2) is 5.82 Å². The summed E-state index contributed by atoms with van der Waals surface area (Å²) < 4.78 is 48.8. The molecule has 0 aliphatic carbocycles. The van der Waals surface area contributed by atoms with E-state index in [1.165, 1.54) is 13.1 Å². The number of hydrogen-bond donors (Lipinski definition) is 1. The fourth-order valence-corrected chi connectivity index (χ4v) is 3.46. The smallest absolute Gasteiger partial charge is 0.420 e. The standard InChI is InChI=1S/C24H18F3N5O3/c1-14-11-17(16-5-3-15(12-28)4-6-16)7-8-19(14)35-21-18(24(25,26)27)9-10-32(22(21)33)13-20-29-30-23(34)31(20)2/h3-11H,13H2,1-2H3,(H,30,34). The number of nitrogens with zero attached hydrogens (tertiary/aromatic N) is 4. The second kappa shape index (κ2) is 8.98. The monoisotopic (exact) mass is 481 g/mol. The van der Waals surface area contributed by atoms with Gasteiger partial charge >= 0.3 is 11.9 Å². The Morgan fingerprint density at radius 3 is 2.34 bits per heavy atom. The first-order valence-electron chi connectivity index (χ1n) is 10.3. The van der Waals surface area contributed by atoms with E-state index in [4.69, 9.17) is 10.00 Å². The molecule has 0 atom stereocenters. The number of ether oxygens (including phenoxy) is 1. The van der Waals surface area contributed by atoms with Crippen LogP contribution in [0.15, 0.2) is 64.3 Å². The van der Waals surface area contributed by atoms with Crippen LogP contribution in [0.3, 0.4) is 0 Å². The Morgan fingerprint density at radius 2 is 1.77 bits per heavy atom. The summed E-state index contributed by atoms with van der Waals surface area (Å²) in [5.41, 5.74) is -0.183. The van der Waals surface area contributed by atoms with Crippen LogP contribution in [-0.2, 0) is 19.8 Å². The molecule has 8 nitrogen and oxygen atoms in total. The normalized spacial score (nSPS) is 11.3.